The summed E-state index contributed by atoms with van der Waals surface area (Å²) in [4.78, 5) is 11.8. The van der Waals surface area contributed by atoms with Crippen molar-refractivity contribution in [2.75, 3.05) is 0 Å². The van der Waals surface area contributed by atoms with Crippen LogP contribution in [-0.2, 0) is 0 Å². The average Bonchev–Trinajstić information content (AvgIpc) is 2.12. The molecule has 0 aliphatic heterocycles. The van der Waals surface area contributed by atoms with Crippen LogP contribution in [0.3, 0.4) is 0 Å². The summed E-state index contributed by atoms with van der Waals surface area (Å²) in [5, 5.41) is 27.8. The van der Waals surface area contributed by atoms with Crippen molar-refractivity contribution in [3.05, 3.63) is 17.7 Å². The van der Waals surface area contributed by atoms with Gasteiger partial charge in [-0.3, -0.25) is 4.79 Å². The van der Waals surface area contributed by atoms with Gasteiger partial charge in [-0.1, -0.05) is 20.8 Å². The maximum absolute atomic E-state index is 11.8. The highest BCUT2D eigenvalue weighted by atomic mass is 16.3. The van der Waals surface area contributed by atoms with Gasteiger partial charge in [0.2, 0.25) is 5.75 Å². The van der Waals surface area contributed by atoms with Crippen LogP contribution in [-0.4, -0.2) is 21.1 Å². The van der Waals surface area contributed by atoms with Crippen LogP contribution < -0.4 is 0 Å². The van der Waals surface area contributed by atoms with Crippen molar-refractivity contribution in [1.29, 1.82) is 0 Å². The van der Waals surface area contributed by atoms with Crippen LogP contribution in [0.4, 0.5) is 0 Å². The summed E-state index contributed by atoms with van der Waals surface area (Å²) in [7, 11) is 0. The molecule has 0 unspecified atom stereocenters. The van der Waals surface area contributed by atoms with Gasteiger partial charge in [-0.25, -0.2) is 0 Å². The van der Waals surface area contributed by atoms with E-state index in [0.717, 1.165) is 0 Å². The number of hydrogen-bond acceptors (Lipinski definition) is 4. The molecule has 0 aromatic heterocycles. The number of carbonyl (C=O) groups is 1. The predicted octanol–water partition coefficient (Wildman–Crippen LogP) is 2.03. The van der Waals surface area contributed by atoms with E-state index < -0.39 is 22.7 Å². The van der Waals surface area contributed by atoms with Crippen LogP contribution in [0, 0.1) is 5.41 Å². The Labute approximate surface area is 87.8 Å². The van der Waals surface area contributed by atoms with Crippen LogP contribution in [0.25, 0.3) is 0 Å². The average molecular weight is 210 g/mol. The van der Waals surface area contributed by atoms with Crippen LogP contribution >= 0.6 is 0 Å². The Hall–Kier alpha value is -1.71. The number of phenolic OH excluding ortho intramolecular Hbond substituents is 3. The van der Waals surface area contributed by atoms with E-state index in [-0.39, 0.29) is 11.3 Å². The SMILES string of the molecule is CC(C)(C)C(=O)c1ccc(O)c(O)c1O. The first-order valence-corrected chi connectivity index (χ1v) is 4.54. The van der Waals surface area contributed by atoms with E-state index in [1.807, 2.05) is 0 Å². The molecule has 1 aromatic carbocycles. The van der Waals surface area contributed by atoms with E-state index >= 15 is 0 Å². The highest BCUT2D eigenvalue weighted by Crippen LogP contribution is 2.39. The molecule has 1 rings (SSSR count). The Morgan fingerprint density at radius 2 is 1.60 bits per heavy atom. The van der Waals surface area contributed by atoms with Gasteiger partial charge in [-0.05, 0) is 12.1 Å². The fourth-order valence-electron chi connectivity index (χ4n) is 1.16. The van der Waals surface area contributed by atoms with Gasteiger partial charge in [-0.2, -0.15) is 0 Å². The van der Waals surface area contributed by atoms with Crippen molar-refractivity contribution < 1.29 is 20.1 Å². The molecule has 82 valence electrons. The summed E-state index contributed by atoms with van der Waals surface area (Å²) in [6.45, 7) is 5.12. The fraction of sp³-hybridized carbons (Fsp3) is 0.364. The molecule has 0 saturated carbocycles. The van der Waals surface area contributed by atoms with Crippen LogP contribution in [0.15, 0.2) is 12.1 Å². The number of phenols is 3. The molecule has 3 N–H and O–H groups in total. The minimum absolute atomic E-state index is 0.0119. The fourth-order valence-corrected chi connectivity index (χ4v) is 1.16. The molecule has 0 amide bonds. The molecule has 0 bridgehead atoms. The normalized spacial score (nSPS) is 11.4. The molecule has 0 atom stereocenters. The minimum Gasteiger partial charge on any atom is -0.504 e. The topological polar surface area (TPSA) is 77.8 Å². The Balaban J connectivity index is 3.29. The van der Waals surface area contributed by atoms with Gasteiger partial charge < -0.3 is 15.3 Å². The molecule has 0 aliphatic carbocycles. The van der Waals surface area contributed by atoms with Crippen molar-refractivity contribution in [3.63, 3.8) is 0 Å². The number of benzene rings is 1. The lowest BCUT2D eigenvalue weighted by molar-refractivity contribution is 0.0854. The summed E-state index contributed by atoms with van der Waals surface area (Å²) in [6, 6.07) is 2.46. The van der Waals surface area contributed by atoms with Crippen molar-refractivity contribution in [2.45, 2.75) is 20.8 Å². The molecule has 0 aliphatic rings. The van der Waals surface area contributed by atoms with E-state index in [0.29, 0.717) is 0 Å². The van der Waals surface area contributed by atoms with E-state index in [1.165, 1.54) is 12.1 Å². The Bertz CT molecular complexity index is 402. The van der Waals surface area contributed by atoms with Crippen molar-refractivity contribution in [3.8, 4) is 17.2 Å². The third-order valence-corrected chi connectivity index (χ3v) is 2.06. The first-order valence-electron chi connectivity index (χ1n) is 4.54. The summed E-state index contributed by atoms with van der Waals surface area (Å²) in [5.41, 5.74) is -0.640. The van der Waals surface area contributed by atoms with Gasteiger partial charge in [0.1, 0.15) is 0 Å². The van der Waals surface area contributed by atoms with Crippen molar-refractivity contribution in [2.24, 2.45) is 5.41 Å². The van der Waals surface area contributed by atoms with E-state index in [2.05, 4.69) is 0 Å². The van der Waals surface area contributed by atoms with Gasteiger partial charge in [0.25, 0.3) is 0 Å². The Morgan fingerprint density at radius 3 is 2.07 bits per heavy atom. The number of aromatic hydroxyl groups is 3. The maximum atomic E-state index is 11.8. The van der Waals surface area contributed by atoms with Crippen LogP contribution in [0.2, 0.25) is 0 Å². The third kappa shape index (κ3) is 2.03. The molecule has 0 radical (unpaired) electrons. The molecule has 4 nitrogen and oxygen atoms in total. The molecular weight excluding hydrogens is 196 g/mol. The number of ketones is 1. The monoisotopic (exact) mass is 210 g/mol. The van der Waals surface area contributed by atoms with E-state index in [4.69, 9.17) is 5.11 Å². The molecule has 0 heterocycles. The smallest absolute Gasteiger partial charge is 0.201 e. The predicted molar refractivity (Wildman–Crippen MR) is 55.2 cm³/mol. The number of Topliss-reactive ketones (excluding diaryl/α,β-unsaturated/α-hetero) is 1. The molecule has 15 heavy (non-hydrogen) atoms. The van der Waals surface area contributed by atoms with Gasteiger partial charge >= 0.3 is 0 Å². The standard InChI is InChI=1S/C11H14O4/c1-11(2,3)10(15)6-4-5-7(12)9(14)8(6)13/h4-5,12-14H,1-3H3. The summed E-state index contributed by atoms with van der Waals surface area (Å²) in [6.07, 6.45) is 0. The van der Waals surface area contributed by atoms with Crippen LogP contribution in [0.1, 0.15) is 31.1 Å². The quantitative estimate of drug-likeness (QED) is 0.489. The Kier molecular flexibility index (Phi) is 2.62. The lowest BCUT2D eigenvalue weighted by Gasteiger charge is -2.17. The van der Waals surface area contributed by atoms with Crippen LogP contribution in [0.5, 0.6) is 17.2 Å². The zero-order valence-electron chi connectivity index (χ0n) is 8.90. The zero-order valence-corrected chi connectivity index (χ0v) is 8.90. The van der Waals surface area contributed by atoms with Gasteiger partial charge in [0, 0.05) is 5.41 Å². The largest absolute Gasteiger partial charge is 0.504 e. The zero-order chi connectivity index (χ0) is 11.8. The molecule has 4 heteroatoms. The summed E-state index contributed by atoms with van der Waals surface area (Å²) >= 11 is 0. The lowest BCUT2D eigenvalue weighted by Crippen LogP contribution is -2.20. The number of rotatable bonds is 1. The molecule has 1 aromatic rings. The first-order chi connectivity index (χ1) is 6.75. The van der Waals surface area contributed by atoms with Crippen molar-refractivity contribution >= 4 is 5.78 Å². The Morgan fingerprint density at radius 1 is 1.07 bits per heavy atom. The third-order valence-electron chi connectivity index (χ3n) is 2.06. The molecule has 0 fully saturated rings. The maximum Gasteiger partial charge on any atom is 0.201 e. The number of carbonyl (C=O) groups excluding carboxylic acids is 1. The van der Waals surface area contributed by atoms with E-state index in [1.54, 1.807) is 20.8 Å². The van der Waals surface area contributed by atoms with Gasteiger partial charge in [-0.15, -0.1) is 0 Å². The second kappa shape index (κ2) is 3.46. The second-order valence-electron chi connectivity index (χ2n) is 4.41. The number of hydrogen-bond donors (Lipinski definition) is 3. The highest BCUT2D eigenvalue weighted by Gasteiger charge is 2.27. The molecular formula is C11H14O4. The summed E-state index contributed by atoms with van der Waals surface area (Å²) in [5.74, 6) is -1.98. The minimum atomic E-state index is -0.662. The van der Waals surface area contributed by atoms with E-state index in [9.17, 15) is 15.0 Å². The summed E-state index contributed by atoms with van der Waals surface area (Å²) < 4.78 is 0. The highest BCUT2D eigenvalue weighted by molar-refractivity contribution is 6.02. The first kappa shape index (κ1) is 11.4. The lowest BCUT2D eigenvalue weighted by atomic mass is 9.86. The van der Waals surface area contributed by atoms with Gasteiger partial charge in [0.05, 0.1) is 5.56 Å². The van der Waals surface area contributed by atoms with Crippen molar-refractivity contribution in [1.82, 2.24) is 0 Å². The second-order valence-corrected chi connectivity index (χ2v) is 4.41. The van der Waals surface area contributed by atoms with Gasteiger partial charge in [0.15, 0.2) is 17.3 Å². The molecule has 0 spiro atoms. The molecule has 0 saturated heterocycles.